The first-order valence-electron chi connectivity index (χ1n) is 8.17. The molecule has 3 aromatic rings. The second kappa shape index (κ2) is 7.34. The Bertz CT molecular complexity index is 1200. The minimum atomic E-state index is -4.48. The SMILES string of the molecule is Cc1nn(CC(F)(F)F)c(C)c1CC(=O)NS(=O)(=O)c1c(Cl)nc2ccccn12. The number of pyridine rings is 1. The van der Waals surface area contributed by atoms with Crippen LogP contribution < -0.4 is 4.72 Å². The van der Waals surface area contributed by atoms with Crippen molar-refractivity contribution in [1.82, 2.24) is 23.9 Å². The molecule has 0 aromatic carbocycles. The average molecular weight is 450 g/mol. The van der Waals surface area contributed by atoms with Crippen molar-refractivity contribution >= 4 is 33.2 Å². The van der Waals surface area contributed by atoms with Crippen LogP contribution in [0.1, 0.15) is 17.0 Å². The number of sulfonamides is 1. The summed E-state index contributed by atoms with van der Waals surface area (Å²) in [5.41, 5.74) is 0.809. The Balaban J connectivity index is 1.85. The number of imidazole rings is 1. The topological polar surface area (TPSA) is 98.4 Å². The highest BCUT2D eigenvalue weighted by molar-refractivity contribution is 7.90. The summed E-state index contributed by atoms with van der Waals surface area (Å²) in [5.74, 6) is -0.940. The summed E-state index contributed by atoms with van der Waals surface area (Å²) in [4.78, 5) is 16.3. The van der Waals surface area contributed by atoms with Gasteiger partial charge in [-0.15, -0.1) is 0 Å². The maximum absolute atomic E-state index is 12.6. The number of nitrogens with zero attached hydrogens (tertiary/aromatic N) is 4. The molecule has 0 saturated carbocycles. The molecule has 0 bridgehead atoms. The number of aromatic nitrogens is 4. The smallest absolute Gasteiger partial charge is 0.288 e. The molecule has 29 heavy (non-hydrogen) atoms. The lowest BCUT2D eigenvalue weighted by Crippen LogP contribution is -2.33. The number of amides is 1. The zero-order chi connectivity index (χ0) is 21.6. The van der Waals surface area contributed by atoms with Gasteiger partial charge in [-0.05, 0) is 26.0 Å². The molecule has 0 aliphatic heterocycles. The molecule has 8 nitrogen and oxygen atoms in total. The van der Waals surface area contributed by atoms with Crippen molar-refractivity contribution in [1.29, 1.82) is 0 Å². The molecule has 1 amide bonds. The highest BCUT2D eigenvalue weighted by Gasteiger charge is 2.31. The van der Waals surface area contributed by atoms with E-state index in [9.17, 15) is 26.4 Å². The van der Waals surface area contributed by atoms with Crippen LogP contribution in [0.2, 0.25) is 5.15 Å². The van der Waals surface area contributed by atoms with Crippen molar-refractivity contribution < 1.29 is 26.4 Å². The number of carbonyl (C=O) groups is 1. The fraction of sp³-hybridized carbons (Fsp3) is 0.312. The van der Waals surface area contributed by atoms with Gasteiger partial charge < -0.3 is 0 Å². The van der Waals surface area contributed by atoms with E-state index < -0.39 is 40.1 Å². The van der Waals surface area contributed by atoms with E-state index in [1.54, 1.807) is 12.1 Å². The molecule has 0 aliphatic carbocycles. The maximum atomic E-state index is 12.6. The van der Waals surface area contributed by atoms with Crippen molar-refractivity contribution in [3.63, 3.8) is 0 Å². The van der Waals surface area contributed by atoms with Crippen LogP contribution in [-0.4, -0.2) is 39.7 Å². The molecule has 0 radical (unpaired) electrons. The van der Waals surface area contributed by atoms with Crippen LogP contribution in [0.3, 0.4) is 0 Å². The normalized spacial score (nSPS) is 12.5. The lowest BCUT2D eigenvalue weighted by Gasteiger charge is -2.09. The molecule has 1 N–H and O–H groups in total. The third-order valence-corrected chi connectivity index (χ3v) is 5.92. The van der Waals surface area contributed by atoms with Gasteiger partial charge in [-0.25, -0.2) is 9.71 Å². The van der Waals surface area contributed by atoms with Crippen molar-refractivity contribution in [2.75, 3.05) is 0 Å². The van der Waals surface area contributed by atoms with Crippen molar-refractivity contribution in [2.45, 2.75) is 38.0 Å². The van der Waals surface area contributed by atoms with Gasteiger partial charge in [0.2, 0.25) is 5.91 Å². The first-order valence-corrected chi connectivity index (χ1v) is 10.0. The molecular weight excluding hydrogens is 435 g/mol. The van der Waals surface area contributed by atoms with Crippen LogP contribution in [0, 0.1) is 13.8 Å². The number of hydrogen-bond donors (Lipinski definition) is 1. The Labute approximate surface area is 168 Å². The van der Waals surface area contributed by atoms with Crippen molar-refractivity contribution in [2.24, 2.45) is 0 Å². The second-order valence-corrected chi connectivity index (χ2v) is 8.22. The van der Waals surface area contributed by atoms with Crippen LogP contribution in [0.4, 0.5) is 13.2 Å². The third kappa shape index (κ3) is 4.37. The number of rotatable bonds is 5. The fourth-order valence-corrected chi connectivity index (χ4v) is 4.53. The standard InChI is InChI=1S/C16H15ClF3N5O3S/c1-9-11(10(2)25(22-9)8-16(18,19)20)7-13(26)23-29(27,28)15-14(17)21-12-5-3-4-6-24(12)15/h3-6H,7-8H2,1-2H3,(H,23,26). The van der Waals surface area contributed by atoms with Gasteiger partial charge in [0.25, 0.3) is 10.0 Å². The predicted octanol–water partition coefficient (Wildman–Crippen LogP) is 2.41. The van der Waals surface area contributed by atoms with Gasteiger partial charge in [0.1, 0.15) is 12.2 Å². The summed E-state index contributed by atoms with van der Waals surface area (Å²) in [5, 5.41) is 3.05. The molecule has 3 aromatic heterocycles. The van der Waals surface area contributed by atoms with E-state index in [2.05, 4.69) is 10.1 Å². The summed E-state index contributed by atoms with van der Waals surface area (Å²) in [6, 6.07) is 4.74. The van der Waals surface area contributed by atoms with E-state index in [-0.39, 0.29) is 27.8 Å². The molecular formula is C16H15ClF3N5O3S. The van der Waals surface area contributed by atoms with Crippen LogP contribution >= 0.6 is 11.6 Å². The minimum Gasteiger partial charge on any atom is -0.288 e. The summed E-state index contributed by atoms with van der Waals surface area (Å²) >= 11 is 5.93. The zero-order valence-electron chi connectivity index (χ0n) is 15.2. The monoisotopic (exact) mass is 449 g/mol. The first kappa shape index (κ1) is 21.1. The number of carbonyl (C=O) groups excluding carboxylic acids is 1. The van der Waals surface area contributed by atoms with E-state index >= 15 is 0 Å². The molecule has 0 fully saturated rings. The lowest BCUT2D eigenvalue weighted by molar-refractivity contribution is -0.143. The number of nitrogens with one attached hydrogen (secondary N) is 1. The Morgan fingerprint density at radius 3 is 2.62 bits per heavy atom. The predicted molar refractivity (Wildman–Crippen MR) is 97.0 cm³/mol. The van der Waals surface area contributed by atoms with E-state index in [1.165, 1.54) is 30.5 Å². The van der Waals surface area contributed by atoms with E-state index in [4.69, 9.17) is 11.6 Å². The molecule has 0 aliphatic rings. The molecule has 13 heteroatoms. The average Bonchev–Trinajstić information content (AvgIpc) is 3.04. The summed E-state index contributed by atoms with van der Waals surface area (Å²) in [7, 11) is -4.38. The fourth-order valence-electron chi connectivity index (χ4n) is 2.89. The van der Waals surface area contributed by atoms with Gasteiger partial charge in [0.15, 0.2) is 10.2 Å². The third-order valence-electron chi connectivity index (χ3n) is 4.15. The largest absolute Gasteiger partial charge is 0.408 e. The second-order valence-electron chi connectivity index (χ2n) is 6.26. The summed E-state index contributed by atoms with van der Waals surface area (Å²) < 4.78 is 67.0. The molecule has 3 rings (SSSR count). The number of alkyl halides is 3. The van der Waals surface area contributed by atoms with Gasteiger partial charge in [0.05, 0.1) is 12.1 Å². The quantitative estimate of drug-likeness (QED) is 0.645. The van der Waals surface area contributed by atoms with Gasteiger partial charge in [-0.2, -0.15) is 26.7 Å². The molecule has 156 valence electrons. The Morgan fingerprint density at radius 2 is 1.97 bits per heavy atom. The number of halogens is 4. The lowest BCUT2D eigenvalue weighted by atomic mass is 10.1. The van der Waals surface area contributed by atoms with E-state index in [0.29, 0.717) is 0 Å². The van der Waals surface area contributed by atoms with Gasteiger partial charge in [-0.3, -0.25) is 13.9 Å². The van der Waals surface area contributed by atoms with Crippen LogP contribution in [0.25, 0.3) is 5.65 Å². The summed E-state index contributed by atoms with van der Waals surface area (Å²) in [6.45, 7) is 1.51. The van der Waals surface area contributed by atoms with Crippen LogP contribution in [-0.2, 0) is 27.8 Å². The molecule has 0 spiro atoms. The number of hydrogen-bond acceptors (Lipinski definition) is 5. The van der Waals surface area contributed by atoms with Crippen LogP contribution in [0.15, 0.2) is 29.4 Å². The Hall–Kier alpha value is -2.60. The van der Waals surface area contributed by atoms with Gasteiger partial charge >= 0.3 is 6.18 Å². The molecule has 3 heterocycles. The number of fused-ring (bicyclic) bond motifs is 1. The number of aryl methyl sites for hydroxylation is 1. The maximum Gasteiger partial charge on any atom is 0.408 e. The highest BCUT2D eigenvalue weighted by atomic mass is 35.5. The molecule has 0 atom stereocenters. The van der Waals surface area contributed by atoms with E-state index in [1.807, 2.05) is 4.72 Å². The van der Waals surface area contributed by atoms with Crippen molar-refractivity contribution in [3.8, 4) is 0 Å². The van der Waals surface area contributed by atoms with Crippen LogP contribution in [0.5, 0.6) is 0 Å². The van der Waals surface area contributed by atoms with Gasteiger partial charge in [0, 0.05) is 17.5 Å². The van der Waals surface area contributed by atoms with E-state index in [0.717, 1.165) is 4.68 Å². The first-order chi connectivity index (χ1) is 13.4. The van der Waals surface area contributed by atoms with Crippen molar-refractivity contribution in [3.05, 3.63) is 46.5 Å². The Morgan fingerprint density at radius 1 is 1.28 bits per heavy atom. The Kier molecular flexibility index (Phi) is 5.34. The summed E-state index contributed by atoms with van der Waals surface area (Å²) in [6.07, 6.45) is -3.53. The van der Waals surface area contributed by atoms with Gasteiger partial charge in [-0.1, -0.05) is 17.7 Å². The minimum absolute atomic E-state index is 0.125. The molecule has 0 unspecified atom stereocenters. The highest BCUT2D eigenvalue weighted by Crippen LogP contribution is 2.23. The molecule has 0 saturated heterocycles. The zero-order valence-corrected chi connectivity index (χ0v) is 16.7.